The van der Waals surface area contributed by atoms with Crippen LogP contribution in [-0.4, -0.2) is 25.0 Å². The maximum absolute atomic E-state index is 11.9. The van der Waals surface area contributed by atoms with Crippen molar-refractivity contribution in [3.63, 3.8) is 0 Å². The highest BCUT2D eigenvalue weighted by Gasteiger charge is 2.19. The molecule has 0 fully saturated rings. The van der Waals surface area contributed by atoms with Crippen molar-refractivity contribution in [3.8, 4) is 0 Å². The van der Waals surface area contributed by atoms with E-state index in [1.54, 1.807) is 24.3 Å². The number of hydrogen-bond acceptors (Lipinski definition) is 4. The van der Waals surface area contributed by atoms with Crippen LogP contribution in [0, 0.1) is 5.92 Å². The second-order valence-electron chi connectivity index (χ2n) is 4.47. The van der Waals surface area contributed by atoms with Gasteiger partial charge in [-0.1, -0.05) is 20.3 Å². The first-order valence-electron chi connectivity index (χ1n) is 6.24. The van der Waals surface area contributed by atoms with Crippen molar-refractivity contribution >= 4 is 17.6 Å². The van der Waals surface area contributed by atoms with E-state index in [0.29, 0.717) is 11.3 Å². The fourth-order valence-corrected chi connectivity index (χ4v) is 1.55. The molecule has 0 bridgehead atoms. The topological polar surface area (TPSA) is 81.4 Å². The number of hydrogen-bond donors (Lipinski definition) is 2. The Labute approximate surface area is 113 Å². The van der Waals surface area contributed by atoms with Gasteiger partial charge in [-0.25, -0.2) is 4.79 Å². The highest BCUT2D eigenvalue weighted by Crippen LogP contribution is 2.12. The van der Waals surface area contributed by atoms with Crippen molar-refractivity contribution in [2.45, 2.75) is 26.3 Å². The number of carbonyl (C=O) groups is 2. The monoisotopic (exact) mass is 264 g/mol. The molecule has 0 aliphatic rings. The second-order valence-corrected chi connectivity index (χ2v) is 4.47. The van der Waals surface area contributed by atoms with E-state index < -0.39 is 12.0 Å². The van der Waals surface area contributed by atoms with Crippen LogP contribution in [0.1, 0.15) is 30.6 Å². The molecule has 5 nitrogen and oxygen atoms in total. The second kappa shape index (κ2) is 6.89. The average molecular weight is 264 g/mol. The number of nitrogens with two attached hydrogens (primary N) is 1. The largest absolute Gasteiger partial charge is 0.465 e. The summed E-state index contributed by atoms with van der Waals surface area (Å²) in [4.78, 5) is 23.1. The standard InChI is InChI=1S/C14H20N2O3/c1-4-9(2)12(15)13(17)16-11-7-5-10(6-8-11)14(18)19-3/h5-9,12H,4,15H2,1-3H3,(H,16,17)/t9?,12-/m0/s1. The Kier molecular flexibility index (Phi) is 5.51. The van der Waals surface area contributed by atoms with Gasteiger partial charge in [-0.05, 0) is 30.2 Å². The molecule has 0 radical (unpaired) electrons. The van der Waals surface area contributed by atoms with E-state index in [1.165, 1.54) is 7.11 Å². The Bertz CT molecular complexity index is 443. The molecule has 0 aliphatic heterocycles. The molecule has 0 heterocycles. The highest BCUT2D eigenvalue weighted by molar-refractivity contribution is 5.95. The van der Waals surface area contributed by atoms with Gasteiger partial charge in [0.2, 0.25) is 5.91 Å². The first-order chi connectivity index (χ1) is 8.99. The quantitative estimate of drug-likeness (QED) is 0.794. The fraction of sp³-hybridized carbons (Fsp3) is 0.429. The van der Waals surface area contributed by atoms with Crippen molar-refractivity contribution in [1.82, 2.24) is 0 Å². The zero-order valence-corrected chi connectivity index (χ0v) is 11.5. The zero-order valence-electron chi connectivity index (χ0n) is 11.5. The van der Waals surface area contributed by atoms with E-state index in [1.807, 2.05) is 13.8 Å². The lowest BCUT2D eigenvalue weighted by Crippen LogP contribution is -2.40. The molecule has 2 atom stereocenters. The Morgan fingerprint density at radius 2 is 1.89 bits per heavy atom. The van der Waals surface area contributed by atoms with Crippen molar-refractivity contribution in [3.05, 3.63) is 29.8 Å². The lowest BCUT2D eigenvalue weighted by atomic mass is 9.99. The molecule has 1 rings (SSSR count). The van der Waals surface area contributed by atoms with Crippen LogP contribution in [0.15, 0.2) is 24.3 Å². The van der Waals surface area contributed by atoms with Crippen LogP contribution in [0.4, 0.5) is 5.69 Å². The Morgan fingerprint density at radius 3 is 2.37 bits per heavy atom. The number of anilines is 1. The Morgan fingerprint density at radius 1 is 1.32 bits per heavy atom. The van der Waals surface area contributed by atoms with Crippen molar-refractivity contribution in [1.29, 1.82) is 0 Å². The maximum atomic E-state index is 11.9. The SMILES string of the molecule is CCC(C)[C@H](N)C(=O)Nc1ccc(C(=O)OC)cc1. The number of benzene rings is 1. The minimum Gasteiger partial charge on any atom is -0.465 e. The summed E-state index contributed by atoms with van der Waals surface area (Å²) in [7, 11) is 1.32. The summed E-state index contributed by atoms with van der Waals surface area (Å²) in [5.41, 5.74) is 6.88. The van der Waals surface area contributed by atoms with E-state index in [2.05, 4.69) is 10.1 Å². The molecule has 5 heteroatoms. The molecule has 104 valence electrons. The molecule has 3 N–H and O–H groups in total. The van der Waals surface area contributed by atoms with Crippen LogP contribution in [0.3, 0.4) is 0 Å². The van der Waals surface area contributed by atoms with Gasteiger partial charge in [-0.15, -0.1) is 0 Å². The lowest BCUT2D eigenvalue weighted by molar-refractivity contribution is -0.118. The number of methoxy groups -OCH3 is 1. The summed E-state index contributed by atoms with van der Waals surface area (Å²) in [5.74, 6) is -0.510. The molecule has 1 unspecified atom stereocenters. The van der Waals surface area contributed by atoms with Crippen molar-refractivity contribution in [2.75, 3.05) is 12.4 Å². The number of ether oxygens (including phenoxy) is 1. The highest BCUT2D eigenvalue weighted by atomic mass is 16.5. The van der Waals surface area contributed by atoms with Gasteiger partial charge >= 0.3 is 5.97 Å². The van der Waals surface area contributed by atoms with Gasteiger partial charge in [0.05, 0.1) is 18.7 Å². The molecule has 0 saturated carbocycles. The fourth-order valence-electron chi connectivity index (χ4n) is 1.55. The zero-order chi connectivity index (χ0) is 14.4. The number of esters is 1. The van der Waals surface area contributed by atoms with E-state index >= 15 is 0 Å². The van der Waals surface area contributed by atoms with E-state index in [4.69, 9.17) is 5.73 Å². The summed E-state index contributed by atoms with van der Waals surface area (Å²) < 4.78 is 4.60. The van der Waals surface area contributed by atoms with Crippen molar-refractivity contribution in [2.24, 2.45) is 11.7 Å². The Balaban J connectivity index is 2.68. The van der Waals surface area contributed by atoms with Crippen LogP contribution in [0.5, 0.6) is 0 Å². The van der Waals surface area contributed by atoms with E-state index in [0.717, 1.165) is 6.42 Å². The first-order valence-corrected chi connectivity index (χ1v) is 6.24. The van der Waals surface area contributed by atoms with Gasteiger partial charge in [-0.3, -0.25) is 4.79 Å². The molecule has 0 aromatic heterocycles. The van der Waals surface area contributed by atoms with Gasteiger partial charge < -0.3 is 15.8 Å². The Hall–Kier alpha value is -1.88. The third kappa shape index (κ3) is 4.06. The predicted octanol–water partition coefficient (Wildman–Crippen LogP) is 1.79. The number of nitrogens with one attached hydrogen (secondary N) is 1. The van der Waals surface area contributed by atoms with Crippen LogP contribution in [0.2, 0.25) is 0 Å². The predicted molar refractivity (Wildman–Crippen MR) is 73.8 cm³/mol. The van der Waals surface area contributed by atoms with Crippen LogP contribution < -0.4 is 11.1 Å². The summed E-state index contributed by atoms with van der Waals surface area (Å²) in [6.45, 7) is 3.92. The third-order valence-electron chi connectivity index (χ3n) is 3.13. The molecule has 1 aromatic rings. The van der Waals surface area contributed by atoms with Crippen LogP contribution in [-0.2, 0) is 9.53 Å². The smallest absolute Gasteiger partial charge is 0.337 e. The van der Waals surface area contributed by atoms with Gasteiger partial charge in [0.1, 0.15) is 0 Å². The molecule has 19 heavy (non-hydrogen) atoms. The van der Waals surface area contributed by atoms with Gasteiger partial charge in [0.15, 0.2) is 0 Å². The number of carbonyl (C=O) groups excluding carboxylic acids is 2. The van der Waals surface area contributed by atoms with E-state index in [9.17, 15) is 9.59 Å². The first kappa shape index (κ1) is 15.2. The number of rotatable bonds is 5. The maximum Gasteiger partial charge on any atom is 0.337 e. The van der Waals surface area contributed by atoms with Gasteiger partial charge in [0.25, 0.3) is 0 Å². The molecule has 0 spiro atoms. The molecule has 1 amide bonds. The van der Waals surface area contributed by atoms with Gasteiger partial charge in [-0.2, -0.15) is 0 Å². The summed E-state index contributed by atoms with van der Waals surface area (Å²) in [6, 6.07) is 5.94. The third-order valence-corrected chi connectivity index (χ3v) is 3.13. The van der Waals surface area contributed by atoms with Gasteiger partial charge in [0, 0.05) is 5.69 Å². The lowest BCUT2D eigenvalue weighted by Gasteiger charge is -2.17. The molecular formula is C14H20N2O3. The summed E-state index contributed by atoms with van der Waals surface area (Å²) in [6.07, 6.45) is 0.843. The normalized spacial score (nSPS) is 13.5. The molecular weight excluding hydrogens is 244 g/mol. The summed E-state index contributed by atoms with van der Waals surface area (Å²) in [5, 5.41) is 2.73. The minimum absolute atomic E-state index is 0.120. The van der Waals surface area contributed by atoms with Crippen LogP contribution in [0.25, 0.3) is 0 Å². The number of amides is 1. The minimum atomic E-state index is -0.537. The van der Waals surface area contributed by atoms with Crippen molar-refractivity contribution < 1.29 is 14.3 Å². The molecule has 0 saturated heterocycles. The molecule has 1 aromatic carbocycles. The average Bonchev–Trinajstić information content (AvgIpc) is 2.45. The summed E-state index contributed by atoms with van der Waals surface area (Å²) >= 11 is 0. The van der Waals surface area contributed by atoms with Crippen LogP contribution >= 0.6 is 0 Å². The van der Waals surface area contributed by atoms with E-state index in [-0.39, 0.29) is 11.8 Å². The molecule has 0 aliphatic carbocycles.